The van der Waals surface area contributed by atoms with Gasteiger partial charge in [0, 0.05) is 16.8 Å². The van der Waals surface area contributed by atoms with E-state index in [0.29, 0.717) is 18.8 Å². The highest BCUT2D eigenvalue weighted by molar-refractivity contribution is 6.04. The van der Waals surface area contributed by atoms with Gasteiger partial charge < -0.3 is 14.8 Å². The van der Waals surface area contributed by atoms with E-state index in [1.54, 1.807) is 6.07 Å². The van der Waals surface area contributed by atoms with Gasteiger partial charge in [0.15, 0.2) is 0 Å². The van der Waals surface area contributed by atoms with Crippen molar-refractivity contribution in [2.45, 2.75) is 34.3 Å². The molecule has 0 radical (unpaired) electrons. The summed E-state index contributed by atoms with van der Waals surface area (Å²) >= 11 is 0. The van der Waals surface area contributed by atoms with Gasteiger partial charge in [0.25, 0.3) is 5.91 Å². The predicted octanol–water partition coefficient (Wildman–Crippen LogP) is 5.84. The Hall–Kier alpha value is -3.27. The van der Waals surface area contributed by atoms with Crippen LogP contribution in [0.2, 0.25) is 0 Å². The first-order valence-electron chi connectivity index (χ1n) is 9.80. The van der Waals surface area contributed by atoms with Crippen molar-refractivity contribution >= 4 is 11.6 Å². The Kier molecular flexibility index (Phi) is 6.55. The third-order valence-corrected chi connectivity index (χ3v) is 4.64. The molecule has 0 heterocycles. The summed E-state index contributed by atoms with van der Waals surface area (Å²) in [5.74, 6) is 1.36. The third kappa shape index (κ3) is 5.38. The molecule has 1 N–H and O–H groups in total. The molecule has 0 aliphatic carbocycles. The number of hydrogen-bond acceptors (Lipinski definition) is 3. The molecule has 0 aliphatic heterocycles. The fourth-order valence-electron chi connectivity index (χ4n) is 3.14. The topological polar surface area (TPSA) is 47.6 Å². The Bertz CT molecular complexity index is 1010. The van der Waals surface area contributed by atoms with Crippen LogP contribution < -0.4 is 14.8 Å². The van der Waals surface area contributed by atoms with Crippen molar-refractivity contribution in [2.24, 2.45) is 0 Å². The molecule has 0 fully saturated rings. The van der Waals surface area contributed by atoms with E-state index in [9.17, 15) is 4.79 Å². The van der Waals surface area contributed by atoms with Crippen molar-refractivity contribution in [3.8, 4) is 11.5 Å². The number of rotatable bonds is 7. The molecule has 3 aromatic rings. The predicted molar refractivity (Wildman–Crippen MR) is 117 cm³/mol. The Labute approximate surface area is 172 Å². The lowest BCUT2D eigenvalue weighted by Gasteiger charge is -2.14. The minimum absolute atomic E-state index is 0.156. The van der Waals surface area contributed by atoms with Crippen LogP contribution in [-0.4, -0.2) is 12.5 Å². The normalized spacial score (nSPS) is 10.5. The van der Waals surface area contributed by atoms with Crippen LogP contribution in [0.3, 0.4) is 0 Å². The van der Waals surface area contributed by atoms with Gasteiger partial charge in [0.1, 0.15) is 18.1 Å². The van der Waals surface area contributed by atoms with Crippen molar-refractivity contribution in [3.63, 3.8) is 0 Å². The molecule has 3 aromatic carbocycles. The minimum Gasteiger partial charge on any atom is -0.493 e. The molecule has 0 saturated carbocycles. The molecule has 0 saturated heterocycles. The van der Waals surface area contributed by atoms with Crippen LogP contribution in [0.4, 0.5) is 5.69 Å². The van der Waals surface area contributed by atoms with Crippen LogP contribution >= 0.6 is 0 Å². The van der Waals surface area contributed by atoms with Gasteiger partial charge in [0.05, 0.1) is 6.61 Å². The van der Waals surface area contributed by atoms with E-state index in [1.807, 2.05) is 76.2 Å². The summed E-state index contributed by atoms with van der Waals surface area (Å²) in [5.41, 5.74) is 5.54. The van der Waals surface area contributed by atoms with E-state index in [2.05, 4.69) is 11.4 Å². The van der Waals surface area contributed by atoms with Gasteiger partial charge in [-0.2, -0.15) is 0 Å². The highest BCUT2D eigenvalue weighted by Crippen LogP contribution is 2.24. The van der Waals surface area contributed by atoms with Crippen molar-refractivity contribution < 1.29 is 14.3 Å². The molecular weight excluding hydrogens is 362 g/mol. The van der Waals surface area contributed by atoms with Crippen LogP contribution in [0.15, 0.2) is 60.7 Å². The highest BCUT2D eigenvalue weighted by Gasteiger charge is 2.13. The minimum atomic E-state index is -0.156. The van der Waals surface area contributed by atoms with Gasteiger partial charge in [-0.25, -0.2) is 0 Å². The molecule has 0 unspecified atom stereocenters. The summed E-state index contributed by atoms with van der Waals surface area (Å²) in [7, 11) is 0. The van der Waals surface area contributed by atoms with Crippen LogP contribution in [0.1, 0.15) is 39.5 Å². The van der Waals surface area contributed by atoms with Crippen molar-refractivity contribution in [3.05, 3.63) is 88.5 Å². The smallest absolute Gasteiger partial charge is 0.255 e. The van der Waals surface area contributed by atoms with E-state index in [-0.39, 0.29) is 5.91 Å². The van der Waals surface area contributed by atoms with Crippen LogP contribution in [0.5, 0.6) is 11.5 Å². The molecule has 3 rings (SSSR count). The fraction of sp³-hybridized carbons (Fsp3) is 0.240. The van der Waals surface area contributed by atoms with Crippen molar-refractivity contribution in [2.75, 3.05) is 11.9 Å². The monoisotopic (exact) mass is 389 g/mol. The van der Waals surface area contributed by atoms with E-state index in [1.165, 1.54) is 0 Å². The molecule has 0 aromatic heterocycles. The van der Waals surface area contributed by atoms with Gasteiger partial charge in [-0.05, 0) is 75.2 Å². The summed E-state index contributed by atoms with van der Waals surface area (Å²) in [6, 6.07) is 19.3. The van der Waals surface area contributed by atoms with E-state index < -0.39 is 0 Å². The van der Waals surface area contributed by atoms with Crippen LogP contribution in [0.25, 0.3) is 0 Å². The van der Waals surface area contributed by atoms with Gasteiger partial charge >= 0.3 is 0 Å². The average Bonchev–Trinajstić information content (AvgIpc) is 2.69. The number of nitrogens with one attached hydrogen (secondary N) is 1. The zero-order chi connectivity index (χ0) is 20.8. The zero-order valence-electron chi connectivity index (χ0n) is 17.4. The zero-order valence-corrected chi connectivity index (χ0v) is 17.4. The Morgan fingerprint density at radius 2 is 1.69 bits per heavy atom. The number of aryl methyl sites for hydroxylation is 3. The van der Waals surface area contributed by atoms with Crippen LogP contribution in [-0.2, 0) is 6.61 Å². The number of carbonyl (C=O) groups excluding carboxylic acids is 1. The Morgan fingerprint density at radius 3 is 2.41 bits per heavy atom. The molecule has 4 nitrogen and oxygen atoms in total. The van der Waals surface area contributed by atoms with Gasteiger partial charge in [-0.15, -0.1) is 0 Å². The molecule has 0 atom stereocenters. The Morgan fingerprint density at radius 1 is 0.897 bits per heavy atom. The number of hydrogen-bond donors (Lipinski definition) is 1. The van der Waals surface area contributed by atoms with Crippen molar-refractivity contribution in [1.82, 2.24) is 0 Å². The SMILES string of the molecule is CCOc1ccc(C(=O)Nc2ccc(C)cc2C)cc1COc1cccc(C)c1. The maximum absolute atomic E-state index is 12.8. The first-order valence-corrected chi connectivity index (χ1v) is 9.80. The molecule has 1 amide bonds. The Balaban J connectivity index is 1.80. The summed E-state index contributed by atoms with van der Waals surface area (Å²) in [4.78, 5) is 12.8. The number of benzene rings is 3. The maximum Gasteiger partial charge on any atom is 0.255 e. The standard InChI is InChI=1S/C25H27NO3/c1-5-28-24-12-10-20(25(27)26-23-11-9-18(3)13-19(23)4)15-21(24)16-29-22-8-6-7-17(2)14-22/h6-15H,5,16H2,1-4H3,(H,26,27). The fourth-order valence-corrected chi connectivity index (χ4v) is 3.14. The molecular formula is C25H27NO3. The third-order valence-electron chi connectivity index (χ3n) is 4.64. The molecule has 0 spiro atoms. The quantitative estimate of drug-likeness (QED) is 0.552. The largest absolute Gasteiger partial charge is 0.493 e. The second-order valence-electron chi connectivity index (χ2n) is 7.13. The first-order chi connectivity index (χ1) is 14.0. The van der Waals surface area contributed by atoms with E-state index in [0.717, 1.165) is 39.4 Å². The van der Waals surface area contributed by atoms with Gasteiger partial charge in [-0.3, -0.25) is 4.79 Å². The first kappa shape index (κ1) is 20.5. The molecule has 0 bridgehead atoms. The average molecular weight is 389 g/mol. The lowest BCUT2D eigenvalue weighted by atomic mass is 10.1. The van der Waals surface area contributed by atoms with Crippen LogP contribution in [0, 0.1) is 20.8 Å². The van der Waals surface area contributed by atoms with Gasteiger partial charge in [-0.1, -0.05) is 29.8 Å². The number of carbonyl (C=O) groups is 1. The number of anilines is 1. The van der Waals surface area contributed by atoms with E-state index >= 15 is 0 Å². The molecule has 0 aliphatic rings. The van der Waals surface area contributed by atoms with Crippen molar-refractivity contribution in [1.29, 1.82) is 0 Å². The lowest BCUT2D eigenvalue weighted by molar-refractivity contribution is 0.102. The second kappa shape index (κ2) is 9.28. The molecule has 29 heavy (non-hydrogen) atoms. The van der Waals surface area contributed by atoms with E-state index in [4.69, 9.17) is 9.47 Å². The highest BCUT2D eigenvalue weighted by atomic mass is 16.5. The second-order valence-corrected chi connectivity index (χ2v) is 7.13. The molecule has 150 valence electrons. The number of amides is 1. The number of ether oxygens (including phenoxy) is 2. The summed E-state index contributed by atoms with van der Waals surface area (Å²) in [6.07, 6.45) is 0. The van der Waals surface area contributed by atoms with Gasteiger partial charge in [0.2, 0.25) is 0 Å². The lowest BCUT2D eigenvalue weighted by Crippen LogP contribution is -2.14. The summed E-state index contributed by atoms with van der Waals surface area (Å²) in [6.45, 7) is 8.85. The summed E-state index contributed by atoms with van der Waals surface area (Å²) < 4.78 is 11.7. The summed E-state index contributed by atoms with van der Waals surface area (Å²) in [5, 5.41) is 2.99. The maximum atomic E-state index is 12.8. The molecule has 4 heteroatoms.